The van der Waals surface area contributed by atoms with Crippen LogP contribution < -0.4 is 10.6 Å². The molecular weight excluding hydrogens is 338 g/mol. The van der Waals surface area contributed by atoms with Crippen LogP contribution in [0.15, 0.2) is 49.1 Å². The summed E-state index contributed by atoms with van der Waals surface area (Å²) in [5.41, 5.74) is 1.35. The molecule has 2 N–H and O–H groups in total. The topological polar surface area (TPSA) is 88.9 Å². The van der Waals surface area contributed by atoms with Crippen LogP contribution in [0.4, 0.5) is 5.69 Å². The fourth-order valence-electron chi connectivity index (χ4n) is 2.18. The Morgan fingerprint density at radius 3 is 2.48 bits per heavy atom. The summed E-state index contributed by atoms with van der Waals surface area (Å²) in [4.78, 5) is 30.0. The number of carbonyl (C=O) groups excluding carboxylic acids is 2. The Morgan fingerprint density at radius 1 is 1.08 bits per heavy atom. The van der Waals surface area contributed by atoms with Crippen LogP contribution in [0.5, 0.6) is 0 Å². The Balaban J connectivity index is 1.53. The Hall–Kier alpha value is -3.00. The smallest absolute Gasteiger partial charge is 0.313 e. The molecule has 0 fully saturated rings. The molecule has 0 radical (unpaired) electrons. The lowest BCUT2D eigenvalue weighted by Gasteiger charge is -2.07. The summed E-state index contributed by atoms with van der Waals surface area (Å²) < 4.78 is 1.60. The third kappa shape index (κ3) is 4.30. The zero-order valence-corrected chi connectivity index (χ0v) is 14.4. The molecule has 0 aliphatic rings. The van der Waals surface area contributed by atoms with E-state index in [1.807, 2.05) is 12.1 Å². The number of amides is 2. The predicted octanol–water partition coefficient (Wildman–Crippen LogP) is 2.15. The molecular formula is C17H17N5O2S. The number of nitrogens with one attached hydrogen (secondary N) is 2. The molecule has 8 heteroatoms. The van der Waals surface area contributed by atoms with Gasteiger partial charge in [-0.25, -0.2) is 9.67 Å². The average Bonchev–Trinajstić information content (AvgIpc) is 3.32. The van der Waals surface area contributed by atoms with Crippen LogP contribution in [0.25, 0.3) is 5.69 Å². The maximum absolute atomic E-state index is 12.0. The zero-order chi connectivity index (χ0) is 17.6. The summed E-state index contributed by atoms with van der Waals surface area (Å²) in [5, 5.41) is 9.22. The average molecular weight is 355 g/mol. The van der Waals surface area contributed by atoms with Crippen LogP contribution in [-0.4, -0.2) is 26.6 Å². The highest BCUT2D eigenvalue weighted by molar-refractivity contribution is 7.11. The normalized spacial score (nSPS) is 10.4. The van der Waals surface area contributed by atoms with E-state index < -0.39 is 11.8 Å². The Bertz CT molecular complexity index is 856. The summed E-state index contributed by atoms with van der Waals surface area (Å²) in [6, 6.07) is 11.0. The zero-order valence-electron chi connectivity index (χ0n) is 13.6. The van der Waals surface area contributed by atoms with Crippen molar-refractivity contribution in [1.82, 2.24) is 20.1 Å². The van der Waals surface area contributed by atoms with E-state index in [2.05, 4.69) is 27.6 Å². The van der Waals surface area contributed by atoms with Crippen molar-refractivity contribution in [3.63, 3.8) is 0 Å². The third-order valence-electron chi connectivity index (χ3n) is 3.50. The number of hydrogen-bond acceptors (Lipinski definition) is 5. The quantitative estimate of drug-likeness (QED) is 0.686. The van der Waals surface area contributed by atoms with Gasteiger partial charge in [-0.15, -0.1) is 11.3 Å². The second-order valence-corrected chi connectivity index (χ2v) is 6.50. The van der Waals surface area contributed by atoms with Crippen molar-refractivity contribution in [3.05, 3.63) is 58.8 Å². The molecule has 0 aliphatic heterocycles. The molecule has 2 amide bonds. The lowest BCUT2D eigenvalue weighted by Crippen LogP contribution is -2.34. The molecule has 1 aromatic carbocycles. The van der Waals surface area contributed by atoms with Crippen molar-refractivity contribution in [2.24, 2.45) is 0 Å². The van der Waals surface area contributed by atoms with E-state index in [4.69, 9.17) is 0 Å². The number of benzene rings is 1. The summed E-state index contributed by atoms with van der Waals surface area (Å²) in [5.74, 6) is -1.35. The largest absolute Gasteiger partial charge is 0.343 e. The standard InChI is InChI=1S/C17H17N5O2S/c1-2-14-7-8-15(25-14)9-19-16(23)17(24)21-12-3-5-13(6-4-12)22-11-18-10-20-22/h3-8,10-11H,2,9H2,1H3,(H,19,23)(H,21,24). The molecule has 3 aromatic rings. The number of thiophene rings is 1. The van der Waals surface area contributed by atoms with Gasteiger partial charge in [0.2, 0.25) is 0 Å². The van der Waals surface area contributed by atoms with E-state index in [1.54, 1.807) is 46.6 Å². The first kappa shape index (κ1) is 16.8. The lowest BCUT2D eigenvalue weighted by molar-refractivity contribution is -0.136. The van der Waals surface area contributed by atoms with Gasteiger partial charge in [-0.3, -0.25) is 9.59 Å². The van der Waals surface area contributed by atoms with Gasteiger partial charge < -0.3 is 10.6 Å². The van der Waals surface area contributed by atoms with Crippen LogP contribution in [0.1, 0.15) is 16.7 Å². The Kier molecular flexibility index (Phi) is 5.20. The summed E-state index contributed by atoms with van der Waals surface area (Å²) in [7, 11) is 0. The minimum Gasteiger partial charge on any atom is -0.343 e. The van der Waals surface area contributed by atoms with Crippen LogP contribution in [0.2, 0.25) is 0 Å². The molecule has 0 atom stereocenters. The molecule has 7 nitrogen and oxygen atoms in total. The Labute approximate surface area is 148 Å². The monoisotopic (exact) mass is 355 g/mol. The molecule has 0 saturated heterocycles. The summed E-state index contributed by atoms with van der Waals surface area (Å²) >= 11 is 1.63. The number of nitrogens with zero attached hydrogens (tertiary/aromatic N) is 3. The number of aromatic nitrogens is 3. The first-order chi connectivity index (χ1) is 12.2. The van der Waals surface area contributed by atoms with Crippen molar-refractivity contribution in [2.45, 2.75) is 19.9 Å². The van der Waals surface area contributed by atoms with Gasteiger partial charge in [-0.05, 0) is 42.8 Å². The number of aryl methyl sites for hydroxylation is 1. The minimum absolute atomic E-state index is 0.349. The van der Waals surface area contributed by atoms with Crippen molar-refractivity contribution >= 4 is 28.8 Å². The number of carbonyl (C=O) groups is 2. The second-order valence-electron chi connectivity index (χ2n) is 5.25. The predicted molar refractivity (Wildman–Crippen MR) is 95.5 cm³/mol. The fourth-order valence-corrected chi connectivity index (χ4v) is 3.08. The van der Waals surface area contributed by atoms with Crippen molar-refractivity contribution in [2.75, 3.05) is 5.32 Å². The number of rotatable bonds is 5. The highest BCUT2D eigenvalue weighted by Gasteiger charge is 2.13. The van der Waals surface area contributed by atoms with Crippen molar-refractivity contribution in [3.8, 4) is 5.69 Å². The third-order valence-corrected chi connectivity index (χ3v) is 4.73. The Morgan fingerprint density at radius 2 is 1.84 bits per heavy atom. The molecule has 3 rings (SSSR count). The number of anilines is 1. The van der Waals surface area contributed by atoms with Crippen LogP contribution in [0, 0.1) is 0 Å². The van der Waals surface area contributed by atoms with Gasteiger partial charge in [0, 0.05) is 15.4 Å². The molecule has 0 bridgehead atoms. The van der Waals surface area contributed by atoms with Gasteiger partial charge in [-0.1, -0.05) is 6.92 Å². The van der Waals surface area contributed by atoms with E-state index in [0.717, 1.165) is 17.0 Å². The highest BCUT2D eigenvalue weighted by Crippen LogP contribution is 2.16. The summed E-state index contributed by atoms with van der Waals surface area (Å²) in [6.45, 7) is 2.43. The van der Waals surface area contributed by atoms with E-state index >= 15 is 0 Å². The summed E-state index contributed by atoms with van der Waals surface area (Å²) in [6.07, 6.45) is 3.98. The van der Waals surface area contributed by atoms with E-state index in [1.165, 1.54) is 11.2 Å². The molecule has 0 unspecified atom stereocenters. The van der Waals surface area contributed by atoms with Gasteiger partial charge in [0.1, 0.15) is 12.7 Å². The second kappa shape index (κ2) is 7.71. The van der Waals surface area contributed by atoms with Gasteiger partial charge in [0.05, 0.1) is 12.2 Å². The first-order valence-corrected chi connectivity index (χ1v) is 8.59. The molecule has 0 spiro atoms. The molecule has 0 saturated carbocycles. The fraction of sp³-hybridized carbons (Fsp3) is 0.176. The van der Waals surface area contributed by atoms with Crippen molar-refractivity contribution < 1.29 is 9.59 Å². The molecule has 128 valence electrons. The van der Waals surface area contributed by atoms with Crippen molar-refractivity contribution in [1.29, 1.82) is 0 Å². The lowest BCUT2D eigenvalue weighted by atomic mass is 10.3. The molecule has 0 aliphatic carbocycles. The maximum Gasteiger partial charge on any atom is 0.313 e. The molecule has 2 aromatic heterocycles. The highest BCUT2D eigenvalue weighted by atomic mass is 32.1. The van der Waals surface area contributed by atoms with Gasteiger partial charge in [-0.2, -0.15) is 5.10 Å². The molecule has 2 heterocycles. The van der Waals surface area contributed by atoms with Crippen LogP contribution in [0.3, 0.4) is 0 Å². The van der Waals surface area contributed by atoms with E-state index in [9.17, 15) is 9.59 Å². The molecule has 25 heavy (non-hydrogen) atoms. The van der Waals surface area contributed by atoms with Gasteiger partial charge >= 0.3 is 11.8 Å². The van der Waals surface area contributed by atoms with E-state index in [0.29, 0.717) is 12.2 Å². The van der Waals surface area contributed by atoms with Crippen LogP contribution in [-0.2, 0) is 22.6 Å². The van der Waals surface area contributed by atoms with E-state index in [-0.39, 0.29) is 0 Å². The van der Waals surface area contributed by atoms with Gasteiger partial charge in [0.25, 0.3) is 0 Å². The number of hydrogen-bond donors (Lipinski definition) is 2. The SMILES string of the molecule is CCc1ccc(CNC(=O)C(=O)Nc2ccc(-n3cncn3)cc2)s1. The van der Waals surface area contributed by atoms with Gasteiger partial charge in [0.15, 0.2) is 0 Å². The van der Waals surface area contributed by atoms with Crippen LogP contribution >= 0.6 is 11.3 Å². The maximum atomic E-state index is 12.0. The first-order valence-electron chi connectivity index (χ1n) is 7.77. The minimum atomic E-state index is -0.694.